The topological polar surface area (TPSA) is 32.9 Å². The van der Waals surface area contributed by atoms with Crippen LogP contribution in [0.4, 0.5) is 0 Å². The quantitative estimate of drug-likeness (QED) is 0.712. The molecule has 2 aromatic carbocycles. The molecule has 0 amide bonds. The Morgan fingerprint density at radius 2 is 1.76 bits per heavy atom. The van der Waals surface area contributed by atoms with Gasteiger partial charge in [0.25, 0.3) is 0 Å². The highest BCUT2D eigenvalue weighted by atomic mass is 35.5. The van der Waals surface area contributed by atoms with Crippen molar-refractivity contribution < 1.29 is 0 Å². The maximum Gasteiger partial charge on any atom is 0.190 e. The molecule has 0 spiro atoms. The molecule has 0 saturated carbocycles. The van der Waals surface area contributed by atoms with E-state index in [1.54, 1.807) is 6.07 Å². The Hall–Kier alpha value is -2.06. The lowest BCUT2D eigenvalue weighted by molar-refractivity contribution is 0.912. The monoisotopic (exact) mass is 295 g/mol. The standard InChI is InChI=1S/C18H14ClNO/c19-15-9-12-5-3-4-11(12)8-14(15)17-10-18(21)13-6-1-2-7-16(13)20-17/h1-2,6-10H,3-5H2,(H,20,21). The van der Waals surface area contributed by atoms with Crippen molar-refractivity contribution in [3.63, 3.8) is 0 Å². The summed E-state index contributed by atoms with van der Waals surface area (Å²) >= 11 is 6.42. The average molecular weight is 296 g/mol. The number of benzene rings is 2. The van der Waals surface area contributed by atoms with E-state index in [-0.39, 0.29) is 5.43 Å². The van der Waals surface area contributed by atoms with Gasteiger partial charge >= 0.3 is 0 Å². The SMILES string of the molecule is O=c1cc(-c2cc3c(cc2Cl)CCC3)[nH]c2ccccc12. The molecule has 1 heterocycles. The van der Waals surface area contributed by atoms with Gasteiger partial charge in [0.2, 0.25) is 0 Å². The minimum Gasteiger partial charge on any atom is -0.354 e. The summed E-state index contributed by atoms with van der Waals surface area (Å²) in [7, 11) is 0. The number of aryl methyl sites for hydroxylation is 2. The van der Waals surface area contributed by atoms with E-state index >= 15 is 0 Å². The maximum atomic E-state index is 12.3. The molecule has 1 N–H and O–H groups in total. The minimum atomic E-state index is 0.0240. The van der Waals surface area contributed by atoms with Crippen molar-refractivity contribution in [1.82, 2.24) is 4.98 Å². The maximum absolute atomic E-state index is 12.3. The predicted molar refractivity (Wildman–Crippen MR) is 87.0 cm³/mol. The molecule has 0 atom stereocenters. The van der Waals surface area contributed by atoms with Gasteiger partial charge in [-0.25, -0.2) is 0 Å². The Kier molecular flexibility index (Phi) is 2.86. The molecule has 0 bridgehead atoms. The number of aromatic amines is 1. The molecule has 4 rings (SSSR count). The summed E-state index contributed by atoms with van der Waals surface area (Å²) in [4.78, 5) is 15.6. The van der Waals surface area contributed by atoms with Crippen LogP contribution in [0.15, 0.2) is 47.3 Å². The number of para-hydroxylation sites is 1. The van der Waals surface area contributed by atoms with E-state index in [1.165, 1.54) is 17.5 Å². The first kappa shape index (κ1) is 12.7. The van der Waals surface area contributed by atoms with E-state index in [0.29, 0.717) is 10.4 Å². The number of hydrogen-bond donors (Lipinski definition) is 1. The summed E-state index contributed by atoms with van der Waals surface area (Å²) < 4.78 is 0. The molecule has 0 aliphatic heterocycles. The molecule has 3 heteroatoms. The van der Waals surface area contributed by atoms with Gasteiger partial charge in [-0.15, -0.1) is 0 Å². The van der Waals surface area contributed by atoms with Crippen LogP contribution in [0.25, 0.3) is 22.2 Å². The van der Waals surface area contributed by atoms with Crippen molar-refractivity contribution in [2.24, 2.45) is 0 Å². The van der Waals surface area contributed by atoms with Crippen LogP contribution in [0.5, 0.6) is 0 Å². The smallest absolute Gasteiger partial charge is 0.190 e. The fourth-order valence-electron chi connectivity index (χ4n) is 3.14. The third-order valence-electron chi connectivity index (χ3n) is 4.21. The number of nitrogens with one attached hydrogen (secondary N) is 1. The van der Waals surface area contributed by atoms with E-state index < -0.39 is 0 Å². The Morgan fingerprint density at radius 1 is 1.00 bits per heavy atom. The molecule has 2 nitrogen and oxygen atoms in total. The minimum absolute atomic E-state index is 0.0240. The van der Waals surface area contributed by atoms with Crippen LogP contribution in [0.3, 0.4) is 0 Å². The summed E-state index contributed by atoms with van der Waals surface area (Å²) in [6.07, 6.45) is 3.38. The van der Waals surface area contributed by atoms with E-state index in [2.05, 4.69) is 11.1 Å². The summed E-state index contributed by atoms with van der Waals surface area (Å²) in [6.45, 7) is 0. The second kappa shape index (κ2) is 4.74. The Bertz CT molecular complexity index is 911. The number of aromatic nitrogens is 1. The number of pyridine rings is 1. The van der Waals surface area contributed by atoms with Crippen molar-refractivity contribution in [1.29, 1.82) is 0 Å². The van der Waals surface area contributed by atoms with Gasteiger partial charge in [-0.1, -0.05) is 23.7 Å². The fourth-order valence-corrected chi connectivity index (χ4v) is 3.43. The van der Waals surface area contributed by atoms with Crippen molar-refractivity contribution >= 4 is 22.5 Å². The molecule has 0 fully saturated rings. The lowest BCUT2D eigenvalue weighted by Crippen LogP contribution is -2.03. The molecule has 1 aromatic heterocycles. The fraction of sp³-hybridized carbons (Fsp3) is 0.167. The molecule has 1 aliphatic rings. The Morgan fingerprint density at radius 3 is 2.62 bits per heavy atom. The molecule has 0 unspecified atom stereocenters. The number of rotatable bonds is 1. The van der Waals surface area contributed by atoms with Crippen LogP contribution >= 0.6 is 11.6 Å². The van der Waals surface area contributed by atoms with Gasteiger partial charge in [-0.3, -0.25) is 4.79 Å². The van der Waals surface area contributed by atoms with Gasteiger partial charge in [0.1, 0.15) is 0 Å². The highest BCUT2D eigenvalue weighted by Crippen LogP contribution is 2.33. The number of halogens is 1. The van der Waals surface area contributed by atoms with E-state index in [0.717, 1.165) is 29.6 Å². The van der Waals surface area contributed by atoms with Crippen molar-refractivity contribution in [3.05, 3.63) is 68.8 Å². The Balaban J connectivity index is 1.97. The predicted octanol–water partition coefficient (Wildman–Crippen LogP) is 4.34. The van der Waals surface area contributed by atoms with E-state index in [9.17, 15) is 4.79 Å². The van der Waals surface area contributed by atoms with Crippen molar-refractivity contribution in [2.75, 3.05) is 0 Å². The number of hydrogen-bond acceptors (Lipinski definition) is 1. The highest BCUT2D eigenvalue weighted by Gasteiger charge is 2.15. The van der Waals surface area contributed by atoms with Gasteiger partial charge < -0.3 is 4.98 Å². The highest BCUT2D eigenvalue weighted by molar-refractivity contribution is 6.33. The third-order valence-corrected chi connectivity index (χ3v) is 4.52. The molecule has 0 radical (unpaired) electrons. The molecular weight excluding hydrogens is 282 g/mol. The van der Waals surface area contributed by atoms with Crippen LogP contribution in [0.1, 0.15) is 17.5 Å². The second-order valence-electron chi connectivity index (χ2n) is 5.55. The van der Waals surface area contributed by atoms with E-state index in [4.69, 9.17) is 11.6 Å². The van der Waals surface area contributed by atoms with Crippen LogP contribution in [0.2, 0.25) is 5.02 Å². The molecule has 0 saturated heterocycles. The number of H-pyrrole nitrogens is 1. The van der Waals surface area contributed by atoms with Crippen LogP contribution < -0.4 is 5.43 Å². The van der Waals surface area contributed by atoms with Gasteiger partial charge in [0.15, 0.2) is 5.43 Å². The normalized spacial score (nSPS) is 13.6. The first-order valence-corrected chi connectivity index (χ1v) is 7.54. The average Bonchev–Trinajstić information content (AvgIpc) is 2.93. The van der Waals surface area contributed by atoms with Gasteiger partial charge in [-0.05, 0) is 54.7 Å². The summed E-state index contributed by atoms with van der Waals surface area (Å²) in [5.74, 6) is 0. The van der Waals surface area contributed by atoms with Crippen molar-refractivity contribution in [3.8, 4) is 11.3 Å². The first-order valence-electron chi connectivity index (χ1n) is 7.16. The first-order chi connectivity index (χ1) is 10.2. The largest absolute Gasteiger partial charge is 0.354 e. The van der Waals surface area contributed by atoms with Gasteiger partial charge in [0, 0.05) is 22.5 Å². The summed E-state index contributed by atoms with van der Waals surface area (Å²) in [5.41, 5.74) is 5.27. The Labute approximate surface area is 127 Å². The van der Waals surface area contributed by atoms with E-state index in [1.807, 2.05) is 30.3 Å². The second-order valence-corrected chi connectivity index (χ2v) is 5.95. The van der Waals surface area contributed by atoms with Gasteiger partial charge in [-0.2, -0.15) is 0 Å². The summed E-state index contributed by atoms with van der Waals surface area (Å²) in [5, 5.41) is 1.42. The summed E-state index contributed by atoms with van der Waals surface area (Å²) in [6, 6.07) is 13.4. The molecule has 1 aliphatic carbocycles. The zero-order valence-electron chi connectivity index (χ0n) is 11.4. The molecule has 21 heavy (non-hydrogen) atoms. The van der Waals surface area contributed by atoms with Gasteiger partial charge in [0.05, 0.1) is 10.7 Å². The molecule has 3 aromatic rings. The number of fused-ring (bicyclic) bond motifs is 2. The molecule has 104 valence electrons. The zero-order valence-corrected chi connectivity index (χ0v) is 12.2. The van der Waals surface area contributed by atoms with Crippen LogP contribution in [-0.2, 0) is 12.8 Å². The lowest BCUT2D eigenvalue weighted by atomic mass is 10.0. The van der Waals surface area contributed by atoms with Crippen LogP contribution in [0, 0.1) is 0 Å². The molecular formula is C18H14ClNO. The lowest BCUT2D eigenvalue weighted by Gasteiger charge is -2.09. The van der Waals surface area contributed by atoms with Crippen molar-refractivity contribution in [2.45, 2.75) is 19.3 Å². The third kappa shape index (κ3) is 2.07. The van der Waals surface area contributed by atoms with Crippen LogP contribution in [-0.4, -0.2) is 4.98 Å². The zero-order chi connectivity index (χ0) is 14.4.